The topological polar surface area (TPSA) is 56.1 Å². The van der Waals surface area contributed by atoms with Gasteiger partial charge in [0, 0.05) is 28.2 Å². The Labute approximate surface area is 124 Å². The number of benzene rings is 1. The molecule has 1 heterocycles. The Balaban J connectivity index is 2.30. The van der Waals surface area contributed by atoms with E-state index in [1.165, 1.54) is 0 Å². The molecule has 1 N–H and O–H groups in total. The van der Waals surface area contributed by atoms with Crippen molar-refractivity contribution in [2.24, 2.45) is 0 Å². The van der Waals surface area contributed by atoms with Gasteiger partial charge < -0.3 is 10.2 Å². The predicted octanol–water partition coefficient (Wildman–Crippen LogP) is 1.88. The Hall–Kier alpha value is -0.840. The lowest BCUT2D eigenvalue weighted by Gasteiger charge is -2.32. The average molecular weight is 376 g/mol. The lowest BCUT2D eigenvalue weighted by Crippen LogP contribution is -2.53. The van der Waals surface area contributed by atoms with Gasteiger partial charge in [-0.2, -0.15) is 5.26 Å². The maximum atomic E-state index is 12.4. The fraction of sp³-hybridized carbons (Fsp3) is 0.333. The van der Waals surface area contributed by atoms with Crippen molar-refractivity contribution >= 4 is 40.1 Å². The predicted molar refractivity (Wildman–Crippen MR) is 77.5 cm³/mol. The second-order valence-corrected chi connectivity index (χ2v) is 5.57. The fourth-order valence-corrected chi connectivity index (χ4v) is 2.62. The molecule has 0 aromatic heterocycles. The van der Waals surface area contributed by atoms with Crippen LogP contribution in [0, 0.1) is 14.9 Å². The minimum absolute atomic E-state index is 0.130. The van der Waals surface area contributed by atoms with Gasteiger partial charge in [0.05, 0.1) is 11.6 Å². The molecule has 1 aliphatic rings. The number of hydrogen-bond donors (Lipinski definition) is 1. The summed E-state index contributed by atoms with van der Waals surface area (Å²) in [6.07, 6.45) is 0. The first kappa shape index (κ1) is 13.6. The van der Waals surface area contributed by atoms with Gasteiger partial charge in [-0.15, -0.1) is 0 Å². The maximum absolute atomic E-state index is 12.4. The van der Waals surface area contributed by atoms with E-state index in [4.69, 9.17) is 16.9 Å². The van der Waals surface area contributed by atoms with Gasteiger partial charge in [-0.3, -0.25) is 4.79 Å². The lowest BCUT2D eigenvalue weighted by molar-refractivity contribution is 0.0686. The van der Waals surface area contributed by atoms with E-state index >= 15 is 0 Å². The van der Waals surface area contributed by atoms with Crippen LogP contribution in [0.15, 0.2) is 18.2 Å². The molecule has 2 rings (SSSR count). The van der Waals surface area contributed by atoms with E-state index in [1.807, 2.05) is 0 Å². The molecule has 0 bridgehead atoms. The third-order valence-electron chi connectivity index (χ3n) is 2.81. The van der Waals surface area contributed by atoms with Gasteiger partial charge >= 0.3 is 0 Å². The molecule has 1 amide bonds. The molecule has 1 fully saturated rings. The summed E-state index contributed by atoms with van der Waals surface area (Å²) in [5.41, 5.74) is 0.560. The van der Waals surface area contributed by atoms with Gasteiger partial charge in [0.25, 0.3) is 5.91 Å². The standard InChI is InChI=1S/C12H11ClIN3O/c13-8-1-2-11(14)10(5-8)12(18)17-4-3-16-7-9(17)6-15/h1-2,5,9,16H,3-4,7H2. The summed E-state index contributed by atoms with van der Waals surface area (Å²) in [6.45, 7) is 1.76. The monoisotopic (exact) mass is 375 g/mol. The normalized spacial score (nSPS) is 19.4. The highest BCUT2D eigenvalue weighted by molar-refractivity contribution is 14.1. The van der Waals surface area contributed by atoms with E-state index in [0.717, 1.165) is 3.57 Å². The summed E-state index contributed by atoms with van der Waals surface area (Å²) in [6, 6.07) is 6.94. The molecule has 1 aromatic carbocycles. The first-order valence-corrected chi connectivity index (χ1v) is 6.95. The van der Waals surface area contributed by atoms with E-state index in [9.17, 15) is 4.79 Å². The number of nitriles is 1. The van der Waals surface area contributed by atoms with Crippen molar-refractivity contribution in [1.82, 2.24) is 10.2 Å². The number of amides is 1. The molecule has 0 aliphatic carbocycles. The molecule has 1 atom stereocenters. The number of carbonyl (C=O) groups excluding carboxylic acids is 1. The second-order valence-electron chi connectivity index (χ2n) is 3.97. The number of halogens is 2. The Bertz CT molecular complexity index is 515. The van der Waals surface area contributed by atoms with Gasteiger partial charge in [0.15, 0.2) is 0 Å². The molecule has 1 aliphatic heterocycles. The van der Waals surface area contributed by atoms with Crippen molar-refractivity contribution in [2.75, 3.05) is 19.6 Å². The van der Waals surface area contributed by atoms with Crippen molar-refractivity contribution in [1.29, 1.82) is 5.26 Å². The fourth-order valence-electron chi connectivity index (χ4n) is 1.88. The second kappa shape index (κ2) is 5.87. The third-order valence-corrected chi connectivity index (χ3v) is 3.99. The van der Waals surface area contributed by atoms with Crippen LogP contribution in [-0.2, 0) is 0 Å². The van der Waals surface area contributed by atoms with Crippen LogP contribution in [0.1, 0.15) is 10.4 Å². The summed E-state index contributed by atoms with van der Waals surface area (Å²) >= 11 is 8.02. The van der Waals surface area contributed by atoms with E-state index in [2.05, 4.69) is 34.0 Å². The summed E-state index contributed by atoms with van der Waals surface area (Å²) in [7, 11) is 0. The van der Waals surface area contributed by atoms with E-state index in [-0.39, 0.29) is 5.91 Å². The molecule has 94 valence electrons. The third kappa shape index (κ3) is 2.76. The van der Waals surface area contributed by atoms with Gasteiger partial charge in [-0.25, -0.2) is 0 Å². The zero-order chi connectivity index (χ0) is 13.1. The quantitative estimate of drug-likeness (QED) is 0.763. The highest BCUT2D eigenvalue weighted by Crippen LogP contribution is 2.20. The Kier molecular flexibility index (Phi) is 4.43. The molecule has 0 radical (unpaired) electrons. The van der Waals surface area contributed by atoms with Gasteiger partial charge in [-0.05, 0) is 40.8 Å². The first-order chi connectivity index (χ1) is 8.63. The molecule has 6 heteroatoms. The minimum Gasteiger partial charge on any atom is -0.320 e. The highest BCUT2D eigenvalue weighted by Gasteiger charge is 2.28. The van der Waals surface area contributed by atoms with Crippen LogP contribution in [0.5, 0.6) is 0 Å². The molecule has 4 nitrogen and oxygen atoms in total. The Morgan fingerprint density at radius 3 is 3.11 bits per heavy atom. The van der Waals surface area contributed by atoms with Gasteiger partial charge in [-0.1, -0.05) is 11.6 Å². The number of rotatable bonds is 1. The van der Waals surface area contributed by atoms with Crippen LogP contribution >= 0.6 is 34.2 Å². The van der Waals surface area contributed by atoms with Crippen molar-refractivity contribution < 1.29 is 4.79 Å². The SMILES string of the molecule is N#CC1CNCCN1C(=O)c1cc(Cl)ccc1I. The molecular formula is C12H11ClIN3O. The Morgan fingerprint density at radius 1 is 1.61 bits per heavy atom. The van der Waals surface area contributed by atoms with Gasteiger partial charge in [0.2, 0.25) is 0 Å². The van der Waals surface area contributed by atoms with Crippen LogP contribution < -0.4 is 5.32 Å². The largest absolute Gasteiger partial charge is 0.320 e. The summed E-state index contributed by atoms with van der Waals surface area (Å²) < 4.78 is 0.845. The number of nitrogens with zero attached hydrogens (tertiary/aromatic N) is 2. The number of carbonyl (C=O) groups is 1. The molecule has 1 aromatic rings. The molecular weight excluding hydrogens is 365 g/mol. The van der Waals surface area contributed by atoms with Crippen LogP contribution in [0.25, 0.3) is 0 Å². The first-order valence-electron chi connectivity index (χ1n) is 5.50. The van der Waals surface area contributed by atoms with Crippen molar-refractivity contribution in [3.63, 3.8) is 0 Å². The summed E-state index contributed by atoms with van der Waals surface area (Å²) in [4.78, 5) is 14.0. The van der Waals surface area contributed by atoms with Crippen molar-refractivity contribution in [3.05, 3.63) is 32.4 Å². The van der Waals surface area contributed by atoms with Crippen LogP contribution in [-0.4, -0.2) is 36.5 Å². The minimum atomic E-state index is -0.416. The van der Waals surface area contributed by atoms with E-state index < -0.39 is 6.04 Å². The Morgan fingerprint density at radius 2 is 2.39 bits per heavy atom. The molecule has 0 spiro atoms. The average Bonchev–Trinajstić information content (AvgIpc) is 2.40. The number of nitrogens with one attached hydrogen (secondary N) is 1. The molecule has 1 unspecified atom stereocenters. The molecule has 0 saturated carbocycles. The summed E-state index contributed by atoms with van der Waals surface area (Å²) in [5, 5.41) is 12.7. The zero-order valence-corrected chi connectivity index (χ0v) is 12.4. The van der Waals surface area contributed by atoms with Crippen molar-refractivity contribution in [2.45, 2.75) is 6.04 Å². The van der Waals surface area contributed by atoms with Crippen LogP contribution in [0.4, 0.5) is 0 Å². The smallest absolute Gasteiger partial charge is 0.256 e. The van der Waals surface area contributed by atoms with E-state index in [1.54, 1.807) is 23.1 Å². The van der Waals surface area contributed by atoms with E-state index in [0.29, 0.717) is 30.2 Å². The maximum Gasteiger partial charge on any atom is 0.256 e. The van der Waals surface area contributed by atoms with Crippen molar-refractivity contribution in [3.8, 4) is 6.07 Å². The van der Waals surface area contributed by atoms with Crippen LogP contribution in [0.2, 0.25) is 5.02 Å². The van der Waals surface area contributed by atoms with Gasteiger partial charge in [0.1, 0.15) is 6.04 Å². The number of hydrogen-bond acceptors (Lipinski definition) is 3. The molecule has 1 saturated heterocycles. The zero-order valence-electron chi connectivity index (χ0n) is 9.49. The highest BCUT2D eigenvalue weighted by atomic mass is 127. The molecule has 18 heavy (non-hydrogen) atoms. The lowest BCUT2D eigenvalue weighted by atomic mass is 10.1. The van der Waals surface area contributed by atoms with Crippen LogP contribution in [0.3, 0.4) is 0 Å². The number of piperazine rings is 1. The summed E-state index contributed by atoms with van der Waals surface area (Å²) in [5.74, 6) is -0.130.